The fraction of sp³-hybridized carbons (Fsp3) is 0.720. The first-order valence-electron chi connectivity index (χ1n) is 12.8. The molecule has 9 heteroatoms. The van der Waals surface area contributed by atoms with Gasteiger partial charge >= 0.3 is 7.12 Å². The molecule has 2 heterocycles. The molecular formula is C25H40BN3O5. The molecule has 1 aromatic rings. The highest BCUT2D eigenvalue weighted by Crippen LogP contribution is 2.20. The topological polar surface area (TPSA) is 129 Å². The number of ketones is 2. The van der Waals surface area contributed by atoms with Crippen molar-refractivity contribution in [1.82, 2.24) is 15.3 Å². The highest BCUT2D eigenvalue weighted by molar-refractivity contribution is 6.43. The number of nitrogens with one attached hydrogen (secondary N) is 1. The van der Waals surface area contributed by atoms with Gasteiger partial charge in [-0.25, -0.2) is 4.98 Å². The van der Waals surface area contributed by atoms with Crippen molar-refractivity contribution < 1.29 is 24.4 Å². The molecule has 1 aliphatic rings. The maximum Gasteiger partial charge on any atom is 0.475 e. The summed E-state index contributed by atoms with van der Waals surface area (Å²) in [5.74, 6) is -2.06. The Morgan fingerprint density at radius 1 is 0.971 bits per heavy atom. The lowest BCUT2D eigenvalue weighted by Crippen LogP contribution is -2.49. The van der Waals surface area contributed by atoms with Crippen LogP contribution in [0, 0.1) is 11.8 Å². The van der Waals surface area contributed by atoms with Crippen LogP contribution in [0.3, 0.4) is 0 Å². The van der Waals surface area contributed by atoms with Crippen LogP contribution in [0.5, 0.6) is 0 Å². The van der Waals surface area contributed by atoms with Crippen LogP contribution in [-0.4, -0.2) is 50.5 Å². The lowest BCUT2D eigenvalue weighted by Gasteiger charge is -2.23. The van der Waals surface area contributed by atoms with Crippen molar-refractivity contribution in [3.63, 3.8) is 0 Å². The number of carbonyl (C=O) groups is 3. The second-order valence-electron chi connectivity index (χ2n) is 9.92. The summed E-state index contributed by atoms with van der Waals surface area (Å²) in [6, 6.07) is 0. The van der Waals surface area contributed by atoms with Gasteiger partial charge in [-0.2, -0.15) is 0 Å². The first-order chi connectivity index (χ1) is 16.3. The van der Waals surface area contributed by atoms with E-state index in [0.29, 0.717) is 19.3 Å². The predicted molar refractivity (Wildman–Crippen MR) is 131 cm³/mol. The first kappa shape index (κ1) is 28.1. The number of hydrogen-bond donors (Lipinski definition) is 3. The first-order valence-corrected chi connectivity index (χ1v) is 12.8. The van der Waals surface area contributed by atoms with E-state index in [4.69, 9.17) is 0 Å². The van der Waals surface area contributed by atoms with E-state index in [-0.39, 0.29) is 41.2 Å². The van der Waals surface area contributed by atoms with Crippen LogP contribution < -0.4 is 5.32 Å². The number of amides is 1. The van der Waals surface area contributed by atoms with E-state index in [0.717, 1.165) is 57.8 Å². The molecule has 0 fully saturated rings. The Labute approximate surface area is 203 Å². The van der Waals surface area contributed by atoms with Gasteiger partial charge in [0.1, 0.15) is 11.4 Å². The molecule has 188 valence electrons. The van der Waals surface area contributed by atoms with Gasteiger partial charge in [0.2, 0.25) is 5.91 Å². The Morgan fingerprint density at radius 2 is 1.53 bits per heavy atom. The third kappa shape index (κ3) is 10.0. The summed E-state index contributed by atoms with van der Waals surface area (Å²) in [7, 11) is -1.67. The van der Waals surface area contributed by atoms with Crippen molar-refractivity contribution in [3.8, 4) is 0 Å². The maximum atomic E-state index is 13.1. The van der Waals surface area contributed by atoms with Crippen molar-refractivity contribution >= 4 is 24.6 Å². The van der Waals surface area contributed by atoms with Gasteiger partial charge in [0, 0.05) is 18.8 Å². The number of Topliss-reactive ketones (excluding diaryl/α,β-unsaturated/α-hetero) is 2. The minimum atomic E-state index is -1.67. The summed E-state index contributed by atoms with van der Waals surface area (Å²) < 4.78 is 0. The zero-order valence-electron chi connectivity index (χ0n) is 20.7. The maximum absolute atomic E-state index is 13.1. The third-order valence-corrected chi connectivity index (χ3v) is 6.38. The molecule has 2 atom stereocenters. The molecule has 0 unspecified atom stereocenters. The Balaban J connectivity index is 2.17. The van der Waals surface area contributed by atoms with E-state index in [1.807, 2.05) is 13.8 Å². The SMILES string of the molecule is CC(C)C[C@H](NC(=O)[C@@H]1CCCCCCCCCCCC(=O)c2cncc(n2)C(=O)C1)B(O)O. The number of carbonyl (C=O) groups excluding carboxylic acids is 3. The standard InChI is InChI=1S/C25H40BN3O5/c1-18(2)14-24(26(33)34)29-25(32)19-12-10-8-6-4-3-5-7-9-11-13-22(30)20-16-27-17-21(28-20)23(31)15-19/h16-19,24,33-34H,3-15H2,1-2H3,(H,29,32)/t19-,24+/m1/s1. The fourth-order valence-electron chi connectivity index (χ4n) is 4.39. The van der Waals surface area contributed by atoms with E-state index in [9.17, 15) is 24.4 Å². The number of rotatable bonds is 5. The normalized spacial score (nSPS) is 20.3. The molecule has 0 saturated heterocycles. The summed E-state index contributed by atoms with van der Waals surface area (Å²) in [6.07, 6.45) is 13.3. The van der Waals surface area contributed by atoms with Gasteiger partial charge in [0.25, 0.3) is 0 Å². The molecule has 2 rings (SSSR count). The molecule has 0 aromatic carbocycles. The van der Waals surface area contributed by atoms with E-state index in [1.165, 1.54) is 12.4 Å². The third-order valence-electron chi connectivity index (χ3n) is 6.38. The molecule has 0 spiro atoms. The smallest absolute Gasteiger partial charge is 0.426 e. The Bertz CT molecular complexity index is 803. The van der Waals surface area contributed by atoms with E-state index >= 15 is 0 Å². The highest BCUT2D eigenvalue weighted by Gasteiger charge is 2.30. The van der Waals surface area contributed by atoms with Crippen molar-refractivity contribution in [1.29, 1.82) is 0 Å². The summed E-state index contributed by atoms with van der Waals surface area (Å²) in [4.78, 5) is 46.8. The van der Waals surface area contributed by atoms with Gasteiger partial charge in [0.05, 0.1) is 18.3 Å². The van der Waals surface area contributed by atoms with Crippen LogP contribution >= 0.6 is 0 Å². The zero-order chi connectivity index (χ0) is 24.9. The average molecular weight is 473 g/mol. The fourth-order valence-corrected chi connectivity index (χ4v) is 4.39. The predicted octanol–water partition coefficient (Wildman–Crippen LogP) is 3.70. The molecule has 0 saturated carbocycles. The Morgan fingerprint density at radius 3 is 2.12 bits per heavy atom. The summed E-state index contributed by atoms with van der Waals surface area (Å²) in [5, 5.41) is 22.1. The minimum Gasteiger partial charge on any atom is -0.426 e. The molecule has 2 bridgehead atoms. The lowest BCUT2D eigenvalue weighted by molar-refractivity contribution is -0.125. The van der Waals surface area contributed by atoms with Crippen LogP contribution in [0.4, 0.5) is 0 Å². The molecule has 3 N–H and O–H groups in total. The van der Waals surface area contributed by atoms with Crippen LogP contribution in [0.25, 0.3) is 0 Å². The molecule has 1 aliphatic heterocycles. The lowest BCUT2D eigenvalue weighted by atomic mass is 9.74. The van der Waals surface area contributed by atoms with Crippen molar-refractivity contribution in [2.24, 2.45) is 11.8 Å². The Hall–Kier alpha value is -2.13. The van der Waals surface area contributed by atoms with Crippen molar-refractivity contribution in [2.45, 2.75) is 103 Å². The van der Waals surface area contributed by atoms with Gasteiger partial charge in [-0.3, -0.25) is 19.4 Å². The van der Waals surface area contributed by atoms with Gasteiger partial charge < -0.3 is 15.4 Å². The number of fused-ring (bicyclic) bond motifs is 2. The van der Waals surface area contributed by atoms with E-state index in [2.05, 4.69) is 15.3 Å². The van der Waals surface area contributed by atoms with Crippen LogP contribution in [0.2, 0.25) is 0 Å². The molecule has 34 heavy (non-hydrogen) atoms. The molecule has 0 radical (unpaired) electrons. The second kappa shape index (κ2) is 15.0. The van der Waals surface area contributed by atoms with Crippen LogP contribution in [0.15, 0.2) is 12.4 Å². The Kier molecular flexibility index (Phi) is 12.4. The molecule has 1 aromatic heterocycles. The second-order valence-corrected chi connectivity index (χ2v) is 9.92. The summed E-state index contributed by atoms with van der Waals surface area (Å²) in [5.41, 5.74) is 0.277. The number of aromatic nitrogens is 2. The quantitative estimate of drug-likeness (QED) is 0.556. The monoisotopic (exact) mass is 473 g/mol. The van der Waals surface area contributed by atoms with Gasteiger partial charge in [-0.15, -0.1) is 0 Å². The minimum absolute atomic E-state index is 0.0614. The van der Waals surface area contributed by atoms with Crippen LogP contribution in [0.1, 0.15) is 118 Å². The van der Waals surface area contributed by atoms with Gasteiger partial charge in [-0.1, -0.05) is 65.2 Å². The molecular weight excluding hydrogens is 433 g/mol. The summed E-state index contributed by atoms with van der Waals surface area (Å²) >= 11 is 0. The number of nitrogens with zero attached hydrogens (tertiary/aromatic N) is 2. The summed E-state index contributed by atoms with van der Waals surface area (Å²) in [6.45, 7) is 3.88. The largest absolute Gasteiger partial charge is 0.475 e. The molecule has 1 amide bonds. The van der Waals surface area contributed by atoms with E-state index in [1.54, 1.807) is 0 Å². The van der Waals surface area contributed by atoms with Gasteiger partial charge in [-0.05, 0) is 25.2 Å². The number of hydrogen-bond acceptors (Lipinski definition) is 7. The van der Waals surface area contributed by atoms with Crippen molar-refractivity contribution in [3.05, 3.63) is 23.8 Å². The van der Waals surface area contributed by atoms with Crippen molar-refractivity contribution in [2.75, 3.05) is 0 Å². The van der Waals surface area contributed by atoms with Gasteiger partial charge in [0.15, 0.2) is 11.6 Å². The molecule has 0 aliphatic carbocycles. The van der Waals surface area contributed by atoms with E-state index < -0.39 is 19.0 Å². The highest BCUT2D eigenvalue weighted by atomic mass is 16.4. The molecule has 8 nitrogen and oxygen atoms in total. The average Bonchev–Trinajstić information content (AvgIpc) is 2.80. The van der Waals surface area contributed by atoms with Crippen LogP contribution in [-0.2, 0) is 4.79 Å². The zero-order valence-corrected chi connectivity index (χ0v) is 20.7.